The summed E-state index contributed by atoms with van der Waals surface area (Å²) in [5.74, 6) is -1.78. The Labute approximate surface area is 114 Å². The van der Waals surface area contributed by atoms with Gasteiger partial charge in [-0.2, -0.15) is 0 Å². The van der Waals surface area contributed by atoms with Crippen LogP contribution >= 0.6 is 0 Å². The predicted molar refractivity (Wildman–Crippen MR) is 69.5 cm³/mol. The molecule has 0 bridgehead atoms. The van der Waals surface area contributed by atoms with Crippen LogP contribution in [0.3, 0.4) is 0 Å². The van der Waals surface area contributed by atoms with Crippen molar-refractivity contribution in [2.75, 3.05) is 4.72 Å². The lowest BCUT2D eigenvalue weighted by molar-refractivity contribution is 0.278. The van der Waals surface area contributed by atoms with E-state index in [4.69, 9.17) is 5.11 Å². The summed E-state index contributed by atoms with van der Waals surface area (Å²) in [4.78, 5) is -0.146. The van der Waals surface area contributed by atoms with Gasteiger partial charge in [0.05, 0.1) is 17.2 Å². The van der Waals surface area contributed by atoms with Crippen molar-refractivity contribution in [2.24, 2.45) is 0 Å². The van der Waals surface area contributed by atoms with Gasteiger partial charge < -0.3 is 5.11 Å². The number of aliphatic hydroxyl groups excluding tert-OH is 1. The van der Waals surface area contributed by atoms with Crippen molar-refractivity contribution in [3.63, 3.8) is 0 Å². The van der Waals surface area contributed by atoms with Crippen molar-refractivity contribution in [1.29, 1.82) is 0 Å². The number of benzene rings is 2. The summed E-state index contributed by atoms with van der Waals surface area (Å²) in [6.07, 6.45) is 0. The van der Waals surface area contributed by atoms with Gasteiger partial charge in [-0.1, -0.05) is 18.2 Å². The molecule has 0 aromatic heterocycles. The predicted octanol–water partition coefficient (Wildman–Crippen LogP) is 2.26. The van der Waals surface area contributed by atoms with Gasteiger partial charge in [0.1, 0.15) is 11.6 Å². The van der Waals surface area contributed by atoms with E-state index in [1.807, 2.05) is 0 Å². The fourth-order valence-corrected chi connectivity index (χ4v) is 2.99. The highest BCUT2D eigenvalue weighted by molar-refractivity contribution is 7.92. The first kappa shape index (κ1) is 14.4. The van der Waals surface area contributed by atoms with Crippen molar-refractivity contribution >= 4 is 15.7 Å². The number of sulfonamides is 1. The van der Waals surface area contributed by atoms with E-state index in [0.29, 0.717) is 6.07 Å². The summed E-state index contributed by atoms with van der Waals surface area (Å²) < 4.78 is 52.4. The van der Waals surface area contributed by atoms with Gasteiger partial charge in [-0.05, 0) is 23.8 Å². The topological polar surface area (TPSA) is 66.4 Å². The molecule has 0 saturated carbocycles. The first-order valence-corrected chi connectivity index (χ1v) is 7.08. The van der Waals surface area contributed by atoms with E-state index in [1.165, 1.54) is 18.2 Å². The molecule has 0 aliphatic rings. The third-order valence-corrected chi connectivity index (χ3v) is 4.03. The van der Waals surface area contributed by atoms with E-state index < -0.39 is 28.3 Å². The molecule has 0 atom stereocenters. The van der Waals surface area contributed by atoms with Crippen LogP contribution in [0.5, 0.6) is 0 Å². The number of hydrogen-bond donors (Lipinski definition) is 2. The van der Waals surface area contributed by atoms with E-state index in [0.717, 1.165) is 12.1 Å². The molecule has 106 valence electrons. The van der Waals surface area contributed by atoms with E-state index in [1.54, 1.807) is 6.07 Å². The first-order chi connectivity index (χ1) is 9.42. The number of nitrogens with one attached hydrogen (secondary N) is 1. The molecule has 0 fully saturated rings. The molecule has 0 aliphatic heterocycles. The molecular weight excluding hydrogens is 288 g/mol. The Bertz CT molecular complexity index is 712. The Morgan fingerprint density at radius 2 is 1.65 bits per heavy atom. The van der Waals surface area contributed by atoms with Crippen LogP contribution in [-0.2, 0) is 16.6 Å². The third-order valence-electron chi connectivity index (χ3n) is 2.55. The Balaban J connectivity index is 2.41. The van der Waals surface area contributed by atoms with Gasteiger partial charge in [0.15, 0.2) is 0 Å². The summed E-state index contributed by atoms with van der Waals surface area (Å²) >= 11 is 0. The molecule has 7 heteroatoms. The zero-order chi connectivity index (χ0) is 14.8. The normalized spacial score (nSPS) is 11.3. The Morgan fingerprint density at radius 1 is 1.05 bits per heavy atom. The van der Waals surface area contributed by atoms with Crippen LogP contribution in [0.2, 0.25) is 0 Å². The zero-order valence-electron chi connectivity index (χ0n) is 10.2. The molecule has 4 nitrogen and oxygen atoms in total. The molecule has 2 rings (SSSR count). The number of hydrogen-bond acceptors (Lipinski definition) is 3. The minimum absolute atomic E-state index is 0.146. The largest absolute Gasteiger partial charge is 0.392 e. The molecule has 20 heavy (non-hydrogen) atoms. The second-order valence-electron chi connectivity index (χ2n) is 4.03. The standard InChI is InChI=1S/C13H11F2NO3S/c14-10-5-11(15)7-12(6-10)16-20(18,19)13-4-2-1-3-9(13)8-17/h1-7,16-17H,8H2. The maximum absolute atomic E-state index is 13.0. The van der Waals surface area contributed by atoms with Crippen LogP contribution in [0.25, 0.3) is 0 Å². The maximum Gasteiger partial charge on any atom is 0.262 e. The van der Waals surface area contributed by atoms with Crippen LogP contribution in [0.4, 0.5) is 14.5 Å². The van der Waals surface area contributed by atoms with Crippen LogP contribution in [0, 0.1) is 11.6 Å². The average molecular weight is 299 g/mol. The summed E-state index contributed by atoms with van der Waals surface area (Å²) in [5.41, 5.74) is -0.0351. The summed E-state index contributed by atoms with van der Waals surface area (Å²) in [6, 6.07) is 8.17. The Kier molecular flexibility index (Phi) is 4.01. The van der Waals surface area contributed by atoms with Gasteiger partial charge in [0.2, 0.25) is 0 Å². The van der Waals surface area contributed by atoms with Crippen molar-refractivity contribution in [3.05, 3.63) is 59.7 Å². The number of halogens is 2. The minimum atomic E-state index is -4.03. The molecule has 0 radical (unpaired) electrons. The fraction of sp³-hybridized carbons (Fsp3) is 0.0769. The molecule has 0 heterocycles. The van der Waals surface area contributed by atoms with Crippen LogP contribution in [0.1, 0.15) is 5.56 Å². The highest BCUT2D eigenvalue weighted by Gasteiger charge is 2.18. The lowest BCUT2D eigenvalue weighted by Crippen LogP contribution is -2.15. The lowest BCUT2D eigenvalue weighted by atomic mass is 10.2. The Morgan fingerprint density at radius 3 is 2.25 bits per heavy atom. The molecule has 0 amide bonds. The quantitative estimate of drug-likeness (QED) is 0.910. The minimum Gasteiger partial charge on any atom is -0.392 e. The molecule has 2 aromatic carbocycles. The Hall–Kier alpha value is -1.99. The van der Waals surface area contributed by atoms with Gasteiger partial charge in [0, 0.05) is 6.07 Å². The SMILES string of the molecule is O=S(=O)(Nc1cc(F)cc(F)c1)c1ccccc1CO. The molecule has 0 spiro atoms. The monoisotopic (exact) mass is 299 g/mol. The van der Waals surface area contributed by atoms with E-state index in [9.17, 15) is 17.2 Å². The van der Waals surface area contributed by atoms with Crippen molar-refractivity contribution in [1.82, 2.24) is 0 Å². The van der Waals surface area contributed by atoms with Crippen LogP contribution < -0.4 is 4.72 Å². The smallest absolute Gasteiger partial charge is 0.262 e. The highest BCUT2D eigenvalue weighted by Crippen LogP contribution is 2.21. The van der Waals surface area contributed by atoms with Gasteiger partial charge in [-0.3, -0.25) is 4.72 Å². The number of aliphatic hydroxyl groups is 1. The molecule has 2 N–H and O–H groups in total. The molecule has 2 aromatic rings. The molecule has 0 unspecified atom stereocenters. The van der Waals surface area contributed by atoms with E-state index in [-0.39, 0.29) is 16.1 Å². The van der Waals surface area contributed by atoms with Crippen molar-refractivity contribution < 1.29 is 22.3 Å². The van der Waals surface area contributed by atoms with Gasteiger partial charge >= 0.3 is 0 Å². The second kappa shape index (κ2) is 5.56. The third kappa shape index (κ3) is 3.12. The molecule has 0 saturated heterocycles. The van der Waals surface area contributed by atoms with Gasteiger partial charge in [-0.25, -0.2) is 17.2 Å². The summed E-state index contributed by atoms with van der Waals surface area (Å²) in [7, 11) is -4.03. The van der Waals surface area contributed by atoms with Crippen LogP contribution in [-0.4, -0.2) is 13.5 Å². The first-order valence-electron chi connectivity index (χ1n) is 5.60. The highest BCUT2D eigenvalue weighted by atomic mass is 32.2. The van der Waals surface area contributed by atoms with E-state index in [2.05, 4.69) is 4.72 Å². The second-order valence-corrected chi connectivity index (χ2v) is 5.68. The fourth-order valence-electron chi connectivity index (χ4n) is 1.72. The van der Waals surface area contributed by atoms with E-state index >= 15 is 0 Å². The molecule has 0 aliphatic carbocycles. The number of anilines is 1. The summed E-state index contributed by atoms with van der Waals surface area (Å²) in [6.45, 7) is -0.464. The van der Waals surface area contributed by atoms with Gasteiger partial charge in [0.25, 0.3) is 10.0 Å². The van der Waals surface area contributed by atoms with Gasteiger partial charge in [-0.15, -0.1) is 0 Å². The zero-order valence-corrected chi connectivity index (χ0v) is 11.0. The maximum atomic E-state index is 13.0. The lowest BCUT2D eigenvalue weighted by Gasteiger charge is -2.11. The van der Waals surface area contributed by atoms with Crippen LogP contribution in [0.15, 0.2) is 47.4 Å². The summed E-state index contributed by atoms with van der Waals surface area (Å²) in [5, 5.41) is 9.12. The van der Waals surface area contributed by atoms with Crippen molar-refractivity contribution in [2.45, 2.75) is 11.5 Å². The van der Waals surface area contributed by atoms with Crippen molar-refractivity contribution in [3.8, 4) is 0 Å². The average Bonchev–Trinajstić information content (AvgIpc) is 2.36. The number of rotatable bonds is 4. The molecular formula is C13H11F2NO3S.